The SMILES string of the molecule is C[C@@H]1CCC/C(=N/Nc2cc(C(=O)O)ccc2Cl)C1. The molecule has 1 fully saturated rings. The van der Waals surface area contributed by atoms with Gasteiger partial charge in [-0.3, -0.25) is 5.43 Å². The molecule has 1 aliphatic carbocycles. The van der Waals surface area contributed by atoms with Gasteiger partial charge in [-0.15, -0.1) is 0 Å². The van der Waals surface area contributed by atoms with Gasteiger partial charge in [-0.05, 0) is 49.8 Å². The third-order valence-electron chi connectivity index (χ3n) is 3.29. The molecule has 2 rings (SSSR count). The van der Waals surface area contributed by atoms with E-state index < -0.39 is 5.97 Å². The zero-order chi connectivity index (χ0) is 13.8. The third kappa shape index (κ3) is 3.70. The smallest absolute Gasteiger partial charge is 0.335 e. The molecule has 1 aliphatic rings. The van der Waals surface area contributed by atoms with Gasteiger partial charge in [0.1, 0.15) is 0 Å². The maximum Gasteiger partial charge on any atom is 0.335 e. The van der Waals surface area contributed by atoms with E-state index in [1.165, 1.54) is 18.6 Å². The lowest BCUT2D eigenvalue weighted by Crippen LogP contribution is -2.14. The number of hydrazone groups is 1. The van der Waals surface area contributed by atoms with Gasteiger partial charge in [-0.25, -0.2) is 4.79 Å². The van der Waals surface area contributed by atoms with E-state index in [1.54, 1.807) is 6.07 Å². The van der Waals surface area contributed by atoms with Crippen molar-refractivity contribution in [2.45, 2.75) is 32.6 Å². The first-order valence-electron chi connectivity index (χ1n) is 6.40. The lowest BCUT2D eigenvalue weighted by atomic mass is 9.89. The Balaban J connectivity index is 2.12. The molecule has 1 saturated carbocycles. The number of carboxylic acids is 1. The number of anilines is 1. The first kappa shape index (κ1) is 13.9. The van der Waals surface area contributed by atoms with Crippen LogP contribution < -0.4 is 5.43 Å². The Morgan fingerprint density at radius 1 is 1.53 bits per heavy atom. The average Bonchev–Trinajstić information content (AvgIpc) is 2.37. The number of nitrogens with one attached hydrogen (secondary N) is 1. The summed E-state index contributed by atoms with van der Waals surface area (Å²) in [6.07, 6.45) is 4.38. The van der Waals surface area contributed by atoms with E-state index in [0.717, 1.165) is 25.0 Å². The third-order valence-corrected chi connectivity index (χ3v) is 3.62. The molecule has 0 aromatic heterocycles. The van der Waals surface area contributed by atoms with Gasteiger partial charge in [0.05, 0.1) is 16.3 Å². The summed E-state index contributed by atoms with van der Waals surface area (Å²) in [5, 5.41) is 13.8. The summed E-state index contributed by atoms with van der Waals surface area (Å²) in [6.45, 7) is 2.21. The summed E-state index contributed by atoms with van der Waals surface area (Å²) in [5.74, 6) is -0.311. The maximum atomic E-state index is 10.9. The van der Waals surface area contributed by atoms with Crippen molar-refractivity contribution in [2.75, 3.05) is 5.43 Å². The zero-order valence-electron chi connectivity index (χ0n) is 10.8. The largest absolute Gasteiger partial charge is 0.478 e. The molecule has 1 atom stereocenters. The Hall–Kier alpha value is -1.55. The molecule has 19 heavy (non-hydrogen) atoms. The molecule has 0 unspecified atom stereocenters. The van der Waals surface area contributed by atoms with Gasteiger partial charge < -0.3 is 5.11 Å². The van der Waals surface area contributed by atoms with Crippen LogP contribution in [0, 0.1) is 5.92 Å². The van der Waals surface area contributed by atoms with Crippen LogP contribution in [0.4, 0.5) is 5.69 Å². The van der Waals surface area contributed by atoms with Gasteiger partial charge in [0.15, 0.2) is 0 Å². The fourth-order valence-corrected chi connectivity index (χ4v) is 2.41. The molecular formula is C14H17ClN2O2. The number of halogens is 1. The first-order chi connectivity index (χ1) is 9.06. The molecule has 5 heteroatoms. The molecule has 102 valence electrons. The molecule has 1 aromatic rings. The van der Waals surface area contributed by atoms with Crippen molar-refractivity contribution < 1.29 is 9.90 Å². The van der Waals surface area contributed by atoms with Gasteiger partial charge in [-0.2, -0.15) is 5.10 Å². The second-order valence-corrected chi connectivity index (χ2v) is 5.40. The fourth-order valence-electron chi connectivity index (χ4n) is 2.25. The van der Waals surface area contributed by atoms with Crippen LogP contribution in [-0.2, 0) is 0 Å². The molecule has 4 nitrogen and oxygen atoms in total. The molecule has 0 spiro atoms. The summed E-state index contributed by atoms with van der Waals surface area (Å²) < 4.78 is 0. The van der Waals surface area contributed by atoms with Crippen LogP contribution in [0.15, 0.2) is 23.3 Å². The van der Waals surface area contributed by atoms with Crippen LogP contribution >= 0.6 is 11.6 Å². The number of carboxylic acid groups (broad SMARTS) is 1. The molecule has 1 aromatic carbocycles. The highest BCUT2D eigenvalue weighted by molar-refractivity contribution is 6.33. The van der Waals surface area contributed by atoms with Crippen molar-refractivity contribution in [3.05, 3.63) is 28.8 Å². The van der Waals surface area contributed by atoms with Crippen LogP contribution in [0.5, 0.6) is 0 Å². The molecule has 0 amide bonds. The average molecular weight is 281 g/mol. The van der Waals surface area contributed by atoms with E-state index in [2.05, 4.69) is 17.5 Å². The van der Waals surface area contributed by atoms with Crippen LogP contribution in [0.3, 0.4) is 0 Å². The summed E-state index contributed by atoms with van der Waals surface area (Å²) in [4.78, 5) is 10.9. The Labute approximate surface area is 117 Å². The summed E-state index contributed by atoms with van der Waals surface area (Å²) in [7, 11) is 0. The first-order valence-corrected chi connectivity index (χ1v) is 6.78. The summed E-state index contributed by atoms with van der Waals surface area (Å²) >= 11 is 6.02. The topological polar surface area (TPSA) is 61.7 Å². The van der Waals surface area contributed by atoms with Crippen molar-refractivity contribution in [2.24, 2.45) is 11.0 Å². The minimum Gasteiger partial charge on any atom is -0.478 e. The van der Waals surface area contributed by atoms with Crippen LogP contribution in [0.1, 0.15) is 43.0 Å². The van der Waals surface area contributed by atoms with Crippen molar-refractivity contribution in [3.63, 3.8) is 0 Å². The van der Waals surface area contributed by atoms with Crippen LogP contribution in [0.2, 0.25) is 5.02 Å². The second kappa shape index (κ2) is 6.06. The van der Waals surface area contributed by atoms with Gasteiger partial charge in [0.25, 0.3) is 0 Å². The van der Waals surface area contributed by atoms with E-state index in [4.69, 9.17) is 16.7 Å². The van der Waals surface area contributed by atoms with Crippen molar-refractivity contribution >= 4 is 29.0 Å². The standard InChI is InChI=1S/C14H17ClN2O2/c1-9-3-2-4-11(7-9)16-17-13-8-10(14(18)19)5-6-12(13)15/h5-6,8-9,17H,2-4,7H2,1H3,(H,18,19)/b16-11-/t9-/m1/s1. The Morgan fingerprint density at radius 3 is 3.00 bits per heavy atom. The van der Waals surface area contributed by atoms with Crippen LogP contribution in [-0.4, -0.2) is 16.8 Å². The Morgan fingerprint density at radius 2 is 2.32 bits per heavy atom. The number of nitrogens with zero attached hydrogens (tertiary/aromatic N) is 1. The van der Waals surface area contributed by atoms with E-state index in [0.29, 0.717) is 16.6 Å². The minimum absolute atomic E-state index is 0.198. The van der Waals surface area contributed by atoms with Gasteiger partial charge in [-0.1, -0.05) is 18.5 Å². The van der Waals surface area contributed by atoms with E-state index in [-0.39, 0.29) is 5.56 Å². The maximum absolute atomic E-state index is 10.9. The van der Waals surface area contributed by atoms with Gasteiger partial charge >= 0.3 is 5.97 Å². The van der Waals surface area contributed by atoms with Crippen molar-refractivity contribution in [3.8, 4) is 0 Å². The lowest BCUT2D eigenvalue weighted by Gasteiger charge is -2.19. The molecule has 0 heterocycles. The summed E-state index contributed by atoms with van der Waals surface area (Å²) in [5.41, 5.74) is 4.74. The number of benzene rings is 1. The van der Waals surface area contributed by atoms with Gasteiger partial charge in [0.2, 0.25) is 0 Å². The van der Waals surface area contributed by atoms with E-state index in [1.807, 2.05) is 0 Å². The normalized spacial score (nSPS) is 21.4. The number of rotatable bonds is 3. The second-order valence-electron chi connectivity index (χ2n) is 4.99. The summed E-state index contributed by atoms with van der Waals surface area (Å²) in [6, 6.07) is 4.55. The highest BCUT2D eigenvalue weighted by Gasteiger charge is 2.14. The monoisotopic (exact) mass is 280 g/mol. The molecule has 0 aliphatic heterocycles. The fraction of sp³-hybridized carbons (Fsp3) is 0.429. The predicted molar refractivity (Wildman–Crippen MR) is 77.1 cm³/mol. The lowest BCUT2D eigenvalue weighted by molar-refractivity contribution is 0.0697. The highest BCUT2D eigenvalue weighted by Crippen LogP contribution is 2.25. The van der Waals surface area contributed by atoms with Crippen molar-refractivity contribution in [1.29, 1.82) is 0 Å². The molecule has 0 bridgehead atoms. The highest BCUT2D eigenvalue weighted by atomic mass is 35.5. The number of hydrogen-bond donors (Lipinski definition) is 2. The molecule has 0 saturated heterocycles. The van der Waals surface area contributed by atoms with Gasteiger partial charge in [0, 0.05) is 5.71 Å². The molecule has 0 radical (unpaired) electrons. The van der Waals surface area contributed by atoms with Crippen molar-refractivity contribution in [1.82, 2.24) is 0 Å². The Kier molecular flexibility index (Phi) is 4.43. The predicted octanol–water partition coefficient (Wildman–Crippen LogP) is 4.02. The van der Waals surface area contributed by atoms with E-state index >= 15 is 0 Å². The van der Waals surface area contributed by atoms with E-state index in [9.17, 15) is 4.79 Å². The molecular weight excluding hydrogens is 264 g/mol. The zero-order valence-corrected chi connectivity index (χ0v) is 11.6. The number of aromatic carboxylic acids is 1. The van der Waals surface area contributed by atoms with Crippen LogP contribution in [0.25, 0.3) is 0 Å². The number of carbonyl (C=O) groups is 1. The quantitative estimate of drug-likeness (QED) is 0.822. The number of hydrogen-bond acceptors (Lipinski definition) is 3. The molecule has 2 N–H and O–H groups in total. The Bertz CT molecular complexity index is 514. The minimum atomic E-state index is -0.973.